The molecule has 5 heteroatoms. The number of hydrogen-bond acceptors (Lipinski definition) is 4. The summed E-state index contributed by atoms with van der Waals surface area (Å²) in [5.41, 5.74) is 1.54. The average molecular weight is 435 g/mol. The first kappa shape index (κ1) is 21.6. The second-order valence-electron chi connectivity index (χ2n) is 9.92. The predicted octanol–water partition coefficient (Wildman–Crippen LogP) is 2.85. The van der Waals surface area contributed by atoms with Crippen LogP contribution in [0.1, 0.15) is 42.4 Å². The number of benzene rings is 2. The highest BCUT2D eigenvalue weighted by atomic mass is 16.3. The largest absolute Gasteiger partial charge is 0.392 e. The van der Waals surface area contributed by atoms with Crippen molar-refractivity contribution in [3.63, 3.8) is 0 Å². The summed E-state index contributed by atoms with van der Waals surface area (Å²) in [5.74, 6) is 0.793. The van der Waals surface area contributed by atoms with E-state index in [1.165, 1.54) is 5.56 Å². The molecule has 3 aliphatic rings. The van der Waals surface area contributed by atoms with E-state index >= 15 is 0 Å². The Hall–Kier alpha value is -2.21. The minimum Gasteiger partial charge on any atom is -0.392 e. The fourth-order valence-electron chi connectivity index (χ4n) is 5.96. The molecule has 3 N–H and O–H groups in total. The zero-order valence-corrected chi connectivity index (χ0v) is 18.6. The molecule has 0 bridgehead atoms. The van der Waals surface area contributed by atoms with E-state index in [-0.39, 0.29) is 24.5 Å². The number of piperidine rings is 1. The molecule has 2 aromatic rings. The van der Waals surface area contributed by atoms with Crippen molar-refractivity contribution in [2.45, 2.75) is 50.4 Å². The third-order valence-corrected chi connectivity index (χ3v) is 8.00. The fourth-order valence-corrected chi connectivity index (χ4v) is 5.96. The summed E-state index contributed by atoms with van der Waals surface area (Å²) in [4.78, 5) is 15.9. The normalized spacial score (nSPS) is 27.1. The number of likely N-dealkylation sites (tertiary alicyclic amines) is 1. The Morgan fingerprint density at radius 1 is 0.969 bits per heavy atom. The molecule has 0 spiro atoms. The van der Waals surface area contributed by atoms with Gasteiger partial charge in [0.25, 0.3) is 5.91 Å². The van der Waals surface area contributed by atoms with Crippen LogP contribution in [-0.4, -0.2) is 46.7 Å². The number of aliphatic hydroxyl groups excluding tert-OH is 1. The first-order valence-electron chi connectivity index (χ1n) is 12.1. The van der Waals surface area contributed by atoms with Crippen molar-refractivity contribution in [3.05, 3.63) is 71.3 Å². The van der Waals surface area contributed by atoms with Crippen molar-refractivity contribution < 1.29 is 15.0 Å². The number of hydrogen-bond donors (Lipinski definition) is 3. The van der Waals surface area contributed by atoms with Crippen molar-refractivity contribution in [2.75, 3.05) is 19.6 Å². The van der Waals surface area contributed by atoms with Crippen molar-refractivity contribution in [1.82, 2.24) is 10.2 Å². The zero-order chi connectivity index (χ0) is 22.1. The number of carbonyl (C=O) groups is 1. The average Bonchev–Trinajstić information content (AvgIpc) is 3.25. The predicted molar refractivity (Wildman–Crippen MR) is 124 cm³/mol. The van der Waals surface area contributed by atoms with E-state index in [1.807, 2.05) is 42.5 Å². The molecule has 4 atom stereocenters. The van der Waals surface area contributed by atoms with Crippen LogP contribution in [-0.2, 0) is 23.4 Å². The van der Waals surface area contributed by atoms with E-state index < -0.39 is 5.60 Å². The van der Waals surface area contributed by atoms with Gasteiger partial charge in [-0.2, -0.15) is 0 Å². The summed E-state index contributed by atoms with van der Waals surface area (Å²) < 4.78 is 0. The molecule has 2 aromatic carbocycles. The number of aliphatic hydroxyl groups is 2. The zero-order valence-electron chi connectivity index (χ0n) is 18.6. The van der Waals surface area contributed by atoms with Gasteiger partial charge < -0.3 is 20.4 Å². The Kier molecular flexibility index (Phi) is 6.06. The van der Waals surface area contributed by atoms with Crippen molar-refractivity contribution in [1.29, 1.82) is 0 Å². The van der Waals surface area contributed by atoms with E-state index in [0.717, 1.165) is 62.9 Å². The van der Waals surface area contributed by atoms with Gasteiger partial charge >= 0.3 is 0 Å². The molecule has 1 aliphatic heterocycles. The second kappa shape index (κ2) is 8.97. The molecular formula is C27H34N2O3. The van der Waals surface area contributed by atoms with Gasteiger partial charge in [0.05, 0.1) is 6.61 Å². The van der Waals surface area contributed by atoms with Crippen LogP contribution < -0.4 is 5.32 Å². The highest BCUT2D eigenvalue weighted by Gasteiger charge is 2.58. The highest BCUT2D eigenvalue weighted by Crippen LogP contribution is 2.47. The van der Waals surface area contributed by atoms with Crippen LogP contribution in [0.3, 0.4) is 0 Å². The summed E-state index contributed by atoms with van der Waals surface area (Å²) in [6.45, 7) is 3.13. The topological polar surface area (TPSA) is 72.8 Å². The number of amides is 1. The van der Waals surface area contributed by atoms with Crippen LogP contribution in [0, 0.1) is 17.8 Å². The minimum atomic E-state index is -1.42. The SMILES string of the molecule is O=C(NC1C2CN(CCc3ccc(CO)cc3)C[C@@H]21)C(O)(c1ccccc1)C1CCCC1. The van der Waals surface area contributed by atoms with Crippen LogP contribution in [0.2, 0.25) is 0 Å². The maximum absolute atomic E-state index is 13.4. The van der Waals surface area contributed by atoms with E-state index in [4.69, 9.17) is 0 Å². The maximum atomic E-state index is 13.4. The van der Waals surface area contributed by atoms with Crippen LogP contribution in [0.5, 0.6) is 0 Å². The van der Waals surface area contributed by atoms with Crippen LogP contribution in [0.15, 0.2) is 54.6 Å². The first-order chi connectivity index (χ1) is 15.6. The van der Waals surface area contributed by atoms with E-state index in [2.05, 4.69) is 22.3 Å². The van der Waals surface area contributed by atoms with Crippen LogP contribution in [0.25, 0.3) is 0 Å². The molecule has 1 saturated heterocycles. The summed E-state index contributed by atoms with van der Waals surface area (Å²) in [5, 5.41) is 24.1. The summed E-state index contributed by atoms with van der Waals surface area (Å²) in [6, 6.07) is 17.9. The van der Waals surface area contributed by atoms with E-state index in [1.54, 1.807) is 0 Å². The van der Waals surface area contributed by atoms with Crippen molar-refractivity contribution in [2.24, 2.45) is 17.8 Å². The van der Waals surface area contributed by atoms with Gasteiger partial charge in [-0.3, -0.25) is 4.79 Å². The third kappa shape index (κ3) is 4.09. The van der Waals surface area contributed by atoms with Gasteiger partial charge in [-0.25, -0.2) is 0 Å². The van der Waals surface area contributed by atoms with E-state index in [0.29, 0.717) is 11.8 Å². The van der Waals surface area contributed by atoms with Gasteiger partial charge in [0.15, 0.2) is 5.60 Å². The Morgan fingerprint density at radius 3 is 2.22 bits per heavy atom. The molecule has 2 aliphatic carbocycles. The quantitative estimate of drug-likeness (QED) is 0.597. The molecule has 0 aromatic heterocycles. The summed E-state index contributed by atoms with van der Waals surface area (Å²) in [6.07, 6.45) is 4.98. The molecule has 5 nitrogen and oxygen atoms in total. The minimum absolute atomic E-state index is 0.00258. The number of nitrogens with zero attached hydrogens (tertiary/aromatic N) is 1. The fraction of sp³-hybridized carbons (Fsp3) is 0.519. The van der Waals surface area contributed by atoms with Gasteiger partial charge in [-0.15, -0.1) is 0 Å². The third-order valence-electron chi connectivity index (χ3n) is 8.00. The Labute approximate surface area is 190 Å². The summed E-state index contributed by atoms with van der Waals surface area (Å²) in [7, 11) is 0. The number of nitrogens with one attached hydrogen (secondary N) is 1. The smallest absolute Gasteiger partial charge is 0.257 e. The molecule has 0 radical (unpaired) electrons. The van der Waals surface area contributed by atoms with Crippen molar-refractivity contribution in [3.8, 4) is 0 Å². The molecule has 2 saturated carbocycles. The lowest BCUT2D eigenvalue weighted by atomic mass is 9.79. The molecule has 32 heavy (non-hydrogen) atoms. The van der Waals surface area contributed by atoms with Crippen molar-refractivity contribution >= 4 is 5.91 Å². The van der Waals surface area contributed by atoms with Gasteiger partial charge in [-0.05, 0) is 47.8 Å². The lowest BCUT2D eigenvalue weighted by Gasteiger charge is -2.33. The monoisotopic (exact) mass is 434 g/mol. The number of fused-ring (bicyclic) bond motifs is 1. The Morgan fingerprint density at radius 2 is 1.59 bits per heavy atom. The number of rotatable bonds is 8. The van der Waals surface area contributed by atoms with Gasteiger partial charge in [0.2, 0.25) is 0 Å². The standard InChI is InChI=1S/C27H34N2O3/c30-18-20-12-10-19(11-13-20)14-15-29-16-23-24(17-29)25(23)28-26(31)27(32,22-8-4-5-9-22)21-6-2-1-3-7-21/h1-3,6-7,10-13,22-25,30,32H,4-5,8-9,14-18H2,(H,28,31)/t23-,24?,25?,27?/m0/s1. The molecular weight excluding hydrogens is 400 g/mol. The molecule has 5 rings (SSSR count). The lowest BCUT2D eigenvalue weighted by molar-refractivity contribution is -0.147. The molecule has 3 fully saturated rings. The lowest BCUT2D eigenvalue weighted by Crippen LogP contribution is -2.51. The van der Waals surface area contributed by atoms with Gasteiger partial charge in [0.1, 0.15) is 0 Å². The van der Waals surface area contributed by atoms with Gasteiger partial charge in [0, 0.05) is 31.6 Å². The second-order valence-corrected chi connectivity index (χ2v) is 9.92. The Balaban J connectivity index is 1.16. The van der Waals surface area contributed by atoms with Gasteiger partial charge in [-0.1, -0.05) is 67.4 Å². The Bertz CT molecular complexity index is 914. The van der Waals surface area contributed by atoms with E-state index in [9.17, 15) is 15.0 Å². The summed E-state index contributed by atoms with van der Waals surface area (Å²) >= 11 is 0. The molecule has 1 heterocycles. The maximum Gasteiger partial charge on any atom is 0.257 e. The van der Waals surface area contributed by atoms with Crippen LogP contribution in [0.4, 0.5) is 0 Å². The van der Waals surface area contributed by atoms with Crippen LogP contribution >= 0.6 is 0 Å². The highest BCUT2D eigenvalue weighted by molar-refractivity contribution is 5.87. The molecule has 170 valence electrons. The molecule has 1 amide bonds. The number of carbonyl (C=O) groups excluding carboxylic acids is 1. The molecule has 3 unspecified atom stereocenters. The first-order valence-corrected chi connectivity index (χ1v) is 12.1.